The van der Waals surface area contributed by atoms with Crippen LogP contribution in [0.5, 0.6) is 0 Å². The topological polar surface area (TPSA) is 67.4 Å². The van der Waals surface area contributed by atoms with Gasteiger partial charge in [0, 0.05) is 11.4 Å². The Bertz CT molecular complexity index is 460. The van der Waals surface area contributed by atoms with Crippen LogP contribution >= 0.6 is 15.9 Å². The van der Waals surface area contributed by atoms with E-state index in [0.29, 0.717) is 18.0 Å². The van der Waals surface area contributed by atoms with E-state index in [0.717, 1.165) is 0 Å². The van der Waals surface area contributed by atoms with Gasteiger partial charge < -0.3 is 10.1 Å². The average molecular weight is 343 g/mol. The summed E-state index contributed by atoms with van der Waals surface area (Å²) in [5.74, 6) is 0.117. The molecule has 0 aliphatic rings. The number of ether oxygens (including phenoxy) is 1. The molecule has 0 saturated heterocycles. The van der Waals surface area contributed by atoms with Crippen LogP contribution in [0.15, 0.2) is 24.3 Å². The van der Waals surface area contributed by atoms with Crippen LogP contribution in [0.25, 0.3) is 0 Å². The molecule has 6 heteroatoms. The minimum absolute atomic E-state index is 0.0916. The predicted octanol–water partition coefficient (Wildman–Crippen LogP) is 3.61. The van der Waals surface area contributed by atoms with Crippen LogP contribution in [0.4, 0.5) is 16.2 Å². The van der Waals surface area contributed by atoms with E-state index in [9.17, 15) is 9.59 Å². The maximum absolute atomic E-state index is 11.9. The lowest BCUT2D eigenvalue weighted by atomic mass is 10.1. The molecule has 0 fully saturated rings. The van der Waals surface area contributed by atoms with Crippen molar-refractivity contribution in [2.24, 2.45) is 5.92 Å². The molecule has 1 rings (SSSR count). The maximum atomic E-state index is 11.9. The van der Waals surface area contributed by atoms with Crippen molar-refractivity contribution in [3.8, 4) is 0 Å². The van der Waals surface area contributed by atoms with Crippen molar-refractivity contribution in [3.63, 3.8) is 0 Å². The van der Waals surface area contributed by atoms with Crippen LogP contribution in [0.1, 0.15) is 20.8 Å². The zero-order chi connectivity index (χ0) is 15.1. The summed E-state index contributed by atoms with van der Waals surface area (Å²) in [4.78, 5) is 22.8. The molecule has 2 N–H and O–H groups in total. The molecule has 1 unspecified atom stereocenters. The molecular weight excluding hydrogens is 324 g/mol. The minimum atomic E-state index is -0.496. The van der Waals surface area contributed by atoms with Gasteiger partial charge in [-0.1, -0.05) is 29.8 Å². The first-order valence-corrected chi connectivity index (χ1v) is 7.34. The molecule has 0 bridgehead atoms. The monoisotopic (exact) mass is 342 g/mol. The Morgan fingerprint density at radius 2 is 1.65 bits per heavy atom. The number of carbonyl (C=O) groups excluding carboxylic acids is 2. The van der Waals surface area contributed by atoms with E-state index in [1.807, 2.05) is 13.8 Å². The molecule has 0 spiro atoms. The lowest BCUT2D eigenvalue weighted by Gasteiger charge is -2.14. The highest BCUT2D eigenvalue weighted by atomic mass is 79.9. The number of anilines is 2. The van der Waals surface area contributed by atoms with Crippen molar-refractivity contribution < 1.29 is 14.3 Å². The second kappa shape index (κ2) is 7.89. The van der Waals surface area contributed by atoms with Gasteiger partial charge in [0.2, 0.25) is 5.91 Å². The van der Waals surface area contributed by atoms with Crippen LogP contribution < -0.4 is 10.6 Å². The van der Waals surface area contributed by atoms with Gasteiger partial charge in [-0.15, -0.1) is 0 Å². The normalized spacial score (nSPS) is 11.8. The fourth-order valence-corrected chi connectivity index (χ4v) is 1.55. The largest absolute Gasteiger partial charge is 0.450 e. The van der Waals surface area contributed by atoms with Gasteiger partial charge >= 0.3 is 6.09 Å². The standard InChI is InChI=1S/C14H19BrN2O3/c1-4-20-14(19)17-11-7-5-10(6-8-11)16-13(18)12(15)9(2)3/h5-9,12H,4H2,1-3H3,(H,16,18)(H,17,19). The van der Waals surface area contributed by atoms with E-state index >= 15 is 0 Å². The van der Waals surface area contributed by atoms with Crippen molar-refractivity contribution in [1.82, 2.24) is 0 Å². The number of amides is 2. The third-order valence-electron chi connectivity index (χ3n) is 2.51. The first-order valence-electron chi connectivity index (χ1n) is 6.42. The zero-order valence-electron chi connectivity index (χ0n) is 11.8. The molecule has 2 amide bonds. The summed E-state index contributed by atoms with van der Waals surface area (Å²) in [7, 11) is 0. The summed E-state index contributed by atoms with van der Waals surface area (Å²) >= 11 is 3.34. The minimum Gasteiger partial charge on any atom is -0.450 e. The van der Waals surface area contributed by atoms with Crippen LogP contribution in [0.2, 0.25) is 0 Å². The molecule has 0 radical (unpaired) electrons. The van der Waals surface area contributed by atoms with Gasteiger partial charge in [-0.05, 0) is 37.1 Å². The number of rotatable bonds is 5. The summed E-state index contributed by atoms with van der Waals surface area (Å²) in [6.45, 7) is 5.99. The number of hydrogen-bond acceptors (Lipinski definition) is 3. The van der Waals surface area contributed by atoms with Crippen molar-refractivity contribution in [3.05, 3.63) is 24.3 Å². The molecule has 0 aromatic heterocycles. The van der Waals surface area contributed by atoms with E-state index in [1.54, 1.807) is 31.2 Å². The van der Waals surface area contributed by atoms with Crippen LogP contribution in [0.3, 0.4) is 0 Å². The van der Waals surface area contributed by atoms with E-state index in [-0.39, 0.29) is 16.7 Å². The SMILES string of the molecule is CCOC(=O)Nc1ccc(NC(=O)C(Br)C(C)C)cc1. The van der Waals surface area contributed by atoms with Crippen LogP contribution in [-0.2, 0) is 9.53 Å². The van der Waals surface area contributed by atoms with Crippen LogP contribution in [-0.4, -0.2) is 23.4 Å². The number of alkyl halides is 1. The summed E-state index contributed by atoms with van der Waals surface area (Å²) < 4.78 is 4.77. The van der Waals surface area contributed by atoms with Crippen molar-refractivity contribution in [2.45, 2.75) is 25.6 Å². The molecule has 1 aromatic rings. The molecule has 0 aliphatic heterocycles. The molecule has 5 nitrogen and oxygen atoms in total. The summed E-state index contributed by atoms with van der Waals surface area (Å²) in [5, 5.41) is 5.38. The lowest BCUT2D eigenvalue weighted by Crippen LogP contribution is -2.26. The van der Waals surface area contributed by atoms with Gasteiger partial charge in [0.1, 0.15) is 0 Å². The first kappa shape index (κ1) is 16.5. The molecule has 0 saturated carbocycles. The number of carbonyl (C=O) groups is 2. The molecule has 110 valence electrons. The quantitative estimate of drug-likeness (QED) is 0.803. The first-order chi connectivity index (χ1) is 9.43. The molecular formula is C14H19BrN2O3. The van der Waals surface area contributed by atoms with Gasteiger partial charge in [-0.3, -0.25) is 10.1 Å². The molecule has 20 heavy (non-hydrogen) atoms. The Kier molecular flexibility index (Phi) is 6.51. The van der Waals surface area contributed by atoms with E-state index in [1.165, 1.54) is 0 Å². The Hall–Kier alpha value is -1.56. The molecule has 0 heterocycles. The Morgan fingerprint density at radius 3 is 2.10 bits per heavy atom. The fourth-order valence-electron chi connectivity index (χ4n) is 1.44. The lowest BCUT2D eigenvalue weighted by molar-refractivity contribution is -0.116. The molecule has 0 aliphatic carbocycles. The summed E-state index contributed by atoms with van der Waals surface area (Å²) in [6, 6.07) is 6.84. The highest BCUT2D eigenvalue weighted by Crippen LogP contribution is 2.17. The van der Waals surface area contributed by atoms with E-state index in [4.69, 9.17) is 4.74 Å². The summed E-state index contributed by atoms with van der Waals surface area (Å²) in [5.41, 5.74) is 1.29. The number of halogens is 1. The number of hydrogen-bond donors (Lipinski definition) is 2. The van der Waals surface area contributed by atoms with Gasteiger partial charge in [0.05, 0.1) is 11.4 Å². The third-order valence-corrected chi connectivity index (χ3v) is 3.98. The van der Waals surface area contributed by atoms with Gasteiger partial charge in [-0.2, -0.15) is 0 Å². The maximum Gasteiger partial charge on any atom is 0.411 e. The van der Waals surface area contributed by atoms with E-state index < -0.39 is 6.09 Å². The highest BCUT2D eigenvalue weighted by molar-refractivity contribution is 9.10. The average Bonchev–Trinajstić information content (AvgIpc) is 2.40. The Labute approximate surface area is 127 Å². The van der Waals surface area contributed by atoms with Gasteiger partial charge in [-0.25, -0.2) is 4.79 Å². The van der Waals surface area contributed by atoms with Gasteiger partial charge in [0.15, 0.2) is 0 Å². The third kappa shape index (κ3) is 5.21. The van der Waals surface area contributed by atoms with E-state index in [2.05, 4.69) is 26.6 Å². The number of nitrogens with one attached hydrogen (secondary N) is 2. The molecule has 1 atom stereocenters. The van der Waals surface area contributed by atoms with Crippen LogP contribution in [0, 0.1) is 5.92 Å². The molecule has 1 aromatic carbocycles. The Morgan fingerprint density at radius 1 is 1.15 bits per heavy atom. The predicted molar refractivity (Wildman–Crippen MR) is 83.3 cm³/mol. The highest BCUT2D eigenvalue weighted by Gasteiger charge is 2.18. The summed E-state index contributed by atoms with van der Waals surface area (Å²) in [6.07, 6.45) is -0.496. The number of benzene rings is 1. The second-order valence-electron chi connectivity index (χ2n) is 4.56. The van der Waals surface area contributed by atoms with Crippen molar-refractivity contribution >= 4 is 39.3 Å². The van der Waals surface area contributed by atoms with Crippen molar-refractivity contribution in [1.29, 1.82) is 0 Å². The van der Waals surface area contributed by atoms with Crippen molar-refractivity contribution in [2.75, 3.05) is 17.2 Å². The smallest absolute Gasteiger partial charge is 0.411 e. The Balaban J connectivity index is 2.58. The van der Waals surface area contributed by atoms with Gasteiger partial charge in [0.25, 0.3) is 0 Å². The fraction of sp³-hybridized carbons (Fsp3) is 0.429. The second-order valence-corrected chi connectivity index (χ2v) is 5.54. The zero-order valence-corrected chi connectivity index (χ0v) is 13.4.